The average Bonchev–Trinajstić information content (AvgIpc) is 3.78. The SMILES string of the molecule is c1ccc(Oc2ccc3c4ccccc4n(-c4cccc(-n5cc(-n6c7ccccc7c7ccccc76)nn5)c4)c3c2)cc1. The monoisotopic (exact) mass is 567 g/mol. The van der Waals surface area contributed by atoms with Crippen LogP contribution in [-0.4, -0.2) is 24.1 Å². The number of benzene rings is 6. The molecule has 0 bridgehead atoms. The Hall–Kier alpha value is -6.14. The summed E-state index contributed by atoms with van der Waals surface area (Å²) in [6.07, 6.45) is 2.00. The Morgan fingerprint density at radius 2 is 1.02 bits per heavy atom. The van der Waals surface area contributed by atoms with E-state index in [0.717, 1.165) is 50.8 Å². The third-order valence-electron chi connectivity index (χ3n) is 8.27. The minimum Gasteiger partial charge on any atom is -0.457 e. The first-order chi connectivity index (χ1) is 21.8. The maximum Gasteiger partial charge on any atom is 0.180 e. The smallest absolute Gasteiger partial charge is 0.180 e. The summed E-state index contributed by atoms with van der Waals surface area (Å²) in [6.45, 7) is 0. The predicted molar refractivity (Wildman–Crippen MR) is 177 cm³/mol. The van der Waals surface area contributed by atoms with E-state index >= 15 is 0 Å². The zero-order chi connectivity index (χ0) is 29.0. The maximum absolute atomic E-state index is 6.23. The van der Waals surface area contributed by atoms with Gasteiger partial charge < -0.3 is 9.30 Å². The molecule has 44 heavy (non-hydrogen) atoms. The van der Waals surface area contributed by atoms with Crippen LogP contribution in [0.4, 0.5) is 0 Å². The predicted octanol–water partition coefficient (Wildman–Crippen LogP) is 9.25. The second-order valence-corrected chi connectivity index (χ2v) is 10.9. The van der Waals surface area contributed by atoms with Crippen molar-refractivity contribution < 1.29 is 4.74 Å². The number of ether oxygens (including phenoxy) is 1. The molecule has 0 aliphatic carbocycles. The number of nitrogens with zero attached hydrogens (tertiary/aromatic N) is 5. The van der Waals surface area contributed by atoms with Crippen molar-refractivity contribution in [2.24, 2.45) is 0 Å². The molecule has 6 heteroatoms. The molecular formula is C38H25N5O. The van der Waals surface area contributed by atoms with Crippen LogP contribution in [0.5, 0.6) is 11.5 Å². The van der Waals surface area contributed by atoms with Gasteiger partial charge in [-0.15, -0.1) is 5.10 Å². The van der Waals surface area contributed by atoms with Crippen LogP contribution in [0.25, 0.3) is 60.8 Å². The summed E-state index contributed by atoms with van der Waals surface area (Å²) in [7, 11) is 0. The maximum atomic E-state index is 6.23. The molecular weight excluding hydrogens is 542 g/mol. The summed E-state index contributed by atoms with van der Waals surface area (Å²) in [6, 6.07) is 49.9. The van der Waals surface area contributed by atoms with Gasteiger partial charge in [-0.25, -0.2) is 4.68 Å². The largest absolute Gasteiger partial charge is 0.457 e. The Bertz CT molecular complexity index is 2430. The summed E-state index contributed by atoms with van der Waals surface area (Å²) in [5, 5.41) is 14.0. The molecule has 0 spiro atoms. The fourth-order valence-electron chi connectivity index (χ4n) is 6.34. The Labute approximate surface area is 252 Å². The summed E-state index contributed by atoms with van der Waals surface area (Å²) in [5.74, 6) is 2.37. The molecule has 0 saturated carbocycles. The molecule has 0 saturated heterocycles. The zero-order valence-electron chi connectivity index (χ0n) is 23.6. The summed E-state index contributed by atoms with van der Waals surface area (Å²) in [4.78, 5) is 0. The van der Waals surface area contributed by atoms with Gasteiger partial charge in [0.25, 0.3) is 0 Å². The molecule has 3 aromatic heterocycles. The van der Waals surface area contributed by atoms with Gasteiger partial charge in [0.1, 0.15) is 11.5 Å². The van der Waals surface area contributed by atoms with Gasteiger partial charge in [-0.3, -0.25) is 4.57 Å². The summed E-state index contributed by atoms with van der Waals surface area (Å²) in [5.41, 5.74) is 6.35. The Morgan fingerprint density at radius 3 is 1.73 bits per heavy atom. The standard InChI is InChI=1S/C38H25N5O/c1-2-13-28(14-3-1)44-29-21-22-33-32-17-4-7-18-34(32)42(37(33)24-29)27-12-10-11-26(23-27)41-25-38(39-40-41)43-35-19-8-5-15-30(35)31-16-6-9-20-36(31)43/h1-25H. The highest BCUT2D eigenvalue weighted by molar-refractivity contribution is 6.10. The molecule has 6 nitrogen and oxygen atoms in total. The van der Waals surface area contributed by atoms with Crippen LogP contribution in [-0.2, 0) is 0 Å². The number of para-hydroxylation sites is 4. The number of hydrogen-bond acceptors (Lipinski definition) is 3. The van der Waals surface area contributed by atoms with Crippen LogP contribution < -0.4 is 4.74 Å². The first kappa shape index (κ1) is 24.5. The molecule has 6 aromatic carbocycles. The Morgan fingerprint density at radius 1 is 0.432 bits per heavy atom. The van der Waals surface area contributed by atoms with Crippen molar-refractivity contribution in [3.05, 3.63) is 152 Å². The highest BCUT2D eigenvalue weighted by atomic mass is 16.5. The van der Waals surface area contributed by atoms with E-state index < -0.39 is 0 Å². The molecule has 9 rings (SSSR count). The van der Waals surface area contributed by atoms with Crippen molar-refractivity contribution >= 4 is 43.6 Å². The van der Waals surface area contributed by atoms with Crippen molar-refractivity contribution in [2.45, 2.75) is 0 Å². The molecule has 0 atom stereocenters. The van der Waals surface area contributed by atoms with E-state index in [-0.39, 0.29) is 0 Å². The van der Waals surface area contributed by atoms with Gasteiger partial charge >= 0.3 is 0 Å². The lowest BCUT2D eigenvalue weighted by molar-refractivity contribution is 0.483. The molecule has 208 valence electrons. The lowest BCUT2D eigenvalue weighted by Crippen LogP contribution is -1.99. The van der Waals surface area contributed by atoms with Crippen molar-refractivity contribution in [1.82, 2.24) is 24.1 Å². The van der Waals surface area contributed by atoms with E-state index in [2.05, 4.69) is 129 Å². The zero-order valence-corrected chi connectivity index (χ0v) is 23.6. The molecule has 3 heterocycles. The molecule has 9 aromatic rings. The van der Waals surface area contributed by atoms with Crippen molar-refractivity contribution in [2.75, 3.05) is 0 Å². The summed E-state index contributed by atoms with van der Waals surface area (Å²) >= 11 is 0. The normalized spacial score (nSPS) is 11.6. The van der Waals surface area contributed by atoms with Crippen LogP contribution >= 0.6 is 0 Å². The van der Waals surface area contributed by atoms with E-state index in [1.165, 1.54) is 21.5 Å². The highest BCUT2D eigenvalue weighted by Gasteiger charge is 2.16. The molecule has 0 aliphatic heterocycles. The lowest BCUT2D eigenvalue weighted by atomic mass is 10.1. The second kappa shape index (κ2) is 9.71. The minimum atomic E-state index is 0.771. The highest BCUT2D eigenvalue weighted by Crippen LogP contribution is 2.36. The lowest BCUT2D eigenvalue weighted by Gasteiger charge is -2.11. The number of fused-ring (bicyclic) bond motifs is 6. The first-order valence-corrected chi connectivity index (χ1v) is 14.6. The van der Waals surface area contributed by atoms with Gasteiger partial charge in [-0.05, 0) is 60.7 Å². The van der Waals surface area contributed by atoms with Crippen molar-refractivity contribution in [3.8, 4) is 28.7 Å². The molecule has 0 N–H and O–H groups in total. The van der Waals surface area contributed by atoms with Gasteiger partial charge in [0.2, 0.25) is 0 Å². The quantitative estimate of drug-likeness (QED) is 0.208. The van der Waals surface area contributed by atoms with Gasteiger partial charge in [-0.1, -0.05) is 84.1 Å². The van der Waals surface area contributed by atoms with Crippen molar-refractivity contribution in [1.29, 1.82) is 0 Å². The number of rotatable bonds is 5. The molecule has 0 aliphatic rings. The van der Waals surface area contributed by atoms with E-state index in [1.54, 1.807) is 0 Å². The fraction of sp³-hybridized carbons (Fsp3) is 0. The van der Waals surface area contributed by atoms with Gasteiger partial charge in [-0.2, -0.15) is 0 Å². The van der Waals surface area contributed by atoms with Crippen LogP contribution in [0.2, 0.25) is 0 Å². The molecule has 0 fully saturated rings. The third kappa shape index (κ3) is 3.82. The van der Waals surface area contributed by atoms with Gasteiger partial charge in [0.15, 0.2) is 5.82 Å². The van der Waals surface area contributed by atoms with E-state index in [0.29, 0.717) is 0 Å². The van der Waals surface area contributed by atoms with E-state index in [1.807, 2.05) is 47.3 Å². The third-order valence-corrected chi connectivity index (χ3v) is 8.27. The molecule has 0 unspecified atom stereocenters. The van der Waals surface area contributed by atoms with E-state index in [9.17, 15) is 0 Å². The van der Waals surface area contributed by atoms with Crippen molar-refractivity contribution in [3.63, 3.8) is 0 Å². The van der Waals surface area contributed by atoms with Crippen LogP contribution in [0.1, 0.15) is 0 Å². The molecule has 0 radical (unpaired) electrons. The first-order valence-electron chi connectivity index (χ1n) is 14.6. The van der Waals surface area contributed by atoms with Crippen LogP contribution in [0.15, 0.2) is 152 Å². The second-order valence-electron chi connectivity index (χ2n) is 10.9. The van der Waals surface area contributed by atoms with Crippen LogP contribution in [0.3, 0.4) is 0 Å². The van der Waals surface area contributed by atoms with E-state index in [4.69, 9.17) is 4.74 Å². The Kier molecular flexibility index (Phi) is 5.40. The average molecular weight is 568 g/mol. The van der Waals surface area contributed by atoms with Gasteiger partial charge in [0, 0.05) is 33.3 Å². The Balaban J connectivity index is 1.17. The van der Waals surface area contributed by atoms with Crippen LogP contribution in [0, 0.1) is 0 Å². The van der Waals surface area contributed by atoms with Gasteiger partial charge in [0.05, 0.1) is 34.0 Å². The fourth-order valence-corrected chi connectivity index (χ4v) is 6.34. The number of aromatic nitrogens is 5. The topological polar surface area (TPSA) is 49.8 Å². The number of hydrogen-bond donors (Lipinski definition) is 0. The minimum absolute atomic E-state index is 0.771. The summed E-state index contributed by atoms with van der Waals surface area (Å²) < 4.78 is 12.5. The molecule has 0 amide bonds.